The molecule has 1 N–H and O–H groups in total. The lowest BCUT2D eigenvalue weighted by molar-refractivity contribution is -0.116. The molecule has 2 aromatic heterocycles. The fourth-order valence-electron chi connectivity index (χ4n) is 3.36. The Kier molecular flexibility index (Phi) is 4.14. The molecule has 0 bridgehead atoms. The molecule has 4 rings (SSSR count). The molecule has 0 saturated heterocycles. The van der Waals surface area contributed by atoms with Gasteiger partial charge in [0.05, 0.1) is 11.2 Å². The minimum Gasteiger partial charge on any atom is -0.330 e. The molecule has 0 unspecified atom stereocenters. The molecule has 0 radical (unpaired) electrons. The first kappa shape index (κ1) is 17.0. The summed E-state index contributed by atoms with van der Waals surface area (Å²) in [6.45, 7) is 2.39. The van der Waals surface area contributed by atoms with Crippen molar-refractivity contribution in [1.82, 2.24) is 14.1 Å². The molecule has 0 aliphatic carbocycles. The average Bonchev–Trinajstić information content (AvgIpc) is 3.16. The van der Waals surface area contributed by atoms with Crippen molar-refractivity contribution in [3.63, 3.8) is 0 Å². The molecule has 134 valence electrons. The molecule has 0 spiro atoms. The second kappa shape index (κ2) is 6.35. The number of anilines is 1. The Morgan fingerprint density at radius 3 is 2.96 bits per heavy atom. The second-order valence-corrected chi connectivity index (χ2v) is 7.28. The zero-order chi connectivity index (χ0) is 18.4. The summed E-state index contributed by atoms with van der Waals surface area (Å²) >= 11 is 3.18. The van der Waals surface area contributed by atoms with Crippen LogP contribution in [0.25, 0.3) is 11.0 Å². The van der Waals surface area contributed by atoms with E-state index in [4.69, 9.17) is 0 Å². The van der Waals surface area contributed by atoms with E-state index in [2.05, 4.69) is 26.2 Å². The van der Waals surface area contributed by atoms with E-state index in [0.717, 1.165) is 24.4 Å². The molecule has 1 aliphatic rings. The van der Waals surface area contributed by atoms with E-state index in [9.17, 15) is 14.0 Å². The summed E-state index contributed by atoms with van der Waals surface area (Å²) in [5.74, 6) is -0.140. The molecular formula is C18H16BrFN4O2. The Hall–Kier alpha value is -2.48. The molecular weight excluding hydrogens is 403 g/mol. The summed E-state index contributed by atoms with van der Waals surface area (Å²) in [7, 11) is 0. The summed E-state index contributed by atoms with van der Waals surface area (Å²) in [5.41, 5.74) is 1.75. The number of carbonyl (C=O) groups excluding carboxylic acids is 1. The van der Waals surface area contributed by atoms with E-state index >= 15 is 0 Å². The third kappa shape index (κ3) is 2.84. The van der Waals surface area contributed by atoms with Crippen molar-refractivity contribution in [3.8, 4) is 0 Å². The Morgan fingerprint density at radius 2 is 2.19 bits per heavy atom. The number of hydrogen-bond acceptors (Lipinski definition) is 3. The summed E-state index contributed by atoms with van der Waals surface area (Å²) in [4.78, 5) is 29.8. The van der Waals surface area contributed by atoms with Crippen LogP contribution in [0.2, 0.25) is 0 Å². The van der Waals surface area contributed by atoms with Crippen molar-refractivity contribution < 1.29 is 9.18 Å². The first-order valence-corrected chi connectivity index (χ1v) is 9.08. The molecule has 0 atom stereocenters. The van der Waals surface area contributed by atoms with Gasteiger partial charge in [-0.2, -0.15) is 0 Å². The lowest BCUT2D eigenvalue weighted by atomic mass is 10.3. The molecule has 0 saturated carbocycles. The molecule has 0 fully saturated rings. The van der Waals surface area contributed by atoms with Gasteiger partial charge in [-0.25, -0.2) is 9.37 Å². The predicted octanol–water partition coefficient (Wildman–Crippen LogP) is 2.99. The minimum atomic E-state index is -0.527. The molecule has 1 aliphatic heterocycles. The molecule has 3 heterocycles. The van der Waals surface area contributed by atoms with Crippen LogP contribution < -0.4 is 10.9 Å². The quantitative estimate of drug-likeness (QED) is 0.710. The van der Waals surface area contributed by atoms with Crippen LogP contribution in [-0.4, -0.2) is 20.0 Å². The second-order valence-electron chi connectivity index (χ2n) is 6.37. The van der Waals surface area contributed by atoms with E-state index in [1.165, 1.54) is 12.1 Å². The van der Waals surface area contributed by atoms with Gasteiger partial charge < -0.3 is 9.88 Å². The van der Waals surface area contributed by atoms with Gasteiger partial charge in [-0.05, 0) is 37.6 Å². The number of amides is 1. The number of halogens is 2. The summed E-state index contributed by atoms with van der Waals surface area (Å²) in [6, 6.07) is 6.23. The number of rotatable bonds is 3. The topological polar surface area (TPSA) is 68.9 Å². The Morgan fingerprint density at radius 1 is 1.38 bits per heavy atom. The van der Waals surface area contributed by atoms with Crippen molar-refractivity contribution in [2.75, 3.05) is 5.32 Å². The van der Waals surface area contributed by atoms with Crippen molar-refractivity contribution in [2.24, 2.45) is 0 Å². The Balaban J connectivity index is 1.68. The highest BCUT2D eigenvalue weighted by atomic mass is 79.9. The van der Waals surface area contributed by atoms with E-state index < -0.39 is 11.7 Å². The van der Waals surface area contributed by atoms with Gasteiger partial charge in [0.25, 0.3) is 5.56 Å². The number of carbonyl (C=O) groups is 1. The van der Waals surface area contributed by atoms with Gasteiger partial charge in [0.15, 0.2) is 0 Å². The highest BCUT2D eigenvalue weighted by Crippen LogP contribution is 2.21. The smallest absolute Gasteiger partial charge is 0.278 e. The number of hydrogen-bond donors (Lipinski definition) is 1. The number of aryl methyl sites for hydroxylation is 2. The normalized spacial score (nSPS) is 13.2. The number of nitrogens with zero attached hydrogens (tertiary/aromatic N) is 3. The van der Waals surface area contributed by atoms with E-state index in [0.29, 0.717) is 22.1 Å². The molecule has 1 aromatic carbocycles. The monoisotopic (exact) mass is 418 g/mol. The van der Waals surface area contributed by atoms with Gasteiger partial charge in [0, 0.05) is 23.1 Å². The first-order valence-electron chi connectivity index (χ1n) is 8.28. The lowest BCUT2D eigenvalue weighted by Crippen LogP contribution is -2.26. The summed E-state index contributed by atoms with van der Waals surface area (Å²) < 4.78 is 17.8. The van der Waals surface area contributed by atoms with E-state index in [-0.39, 0.29) is 17.8 Å². The standard InChI is InChI=1S/C18H16BrFN4O2/c1-10-7-14-17(18(26)23-6-2-3-15(23)21-14)24(10)9-16(25)22-13-5-4-11(19)8-12(13)20/h4-5,7-8H,2-3,6,9H2,1H3,(H,22,25). The van der Waals surface area contributed by atoms with Gasteiger partial charge in [-0.15, -0.1) is 0 Å². The SMILES string of the molecule is Cc1cc2nc3n(c(=O)c2n1CC(=O)Nc1ccc(Br)cc1F)CCC3. The van der Waals surface area contributed by atoms with Crippen LogP contribution in [0.5, 0.6) is 0 Å². The highest BCUT2D eigenvalue weighted by molar-refractivity contribution is 9.10. The van der Waals surface area contributed by atoms with Gasteiger partial charge in [0.2, 0.25) is 5.91 Å². The van der Waals surface area contributed by atoms with Gasteiger partial charge in [0.1, 0.15) is 23.7 Å². The van der Waals surface area contributed by atoms with Crippen LogP contribution in [0.3, 0.4) is 0 Å². The zero-order valence-corrected chi connectivity index (χ0v) is 15.6. The molecule has 6 nitrogen and oxygen atoms in total. The predicted molar refractivity (Wildman–Crippen MR) is 99.8 cm³/mol. The van der Waals surface area contributed by atoms with Crippen LogP contribution in [-0.2, 0) is 24.3 Å². The van der Waals surface area contributed by atoms with Crippen LogP contribution >= 0.6 is 15.9 Å². The molecule has 8 heteroatoms. The van der Waals surface area contributed by atoms with Crippen LogP contribution in [0.4, 0.5) is 10.1 Å². The molecule has 3 aromatic rings. The van der Waals surface area contributed by atoms with Crippen molar-refractivity contribution >= 4 is 38.6 Å². The van der Waals surface area contributed by atoms with Crippen molar-refractivity contribution in [2.45, 2.75) is 32.9 Å². The summed E-state index contributed by atoms with van der Waals surface area (Å²) in [5, 5.41) is 2.55. The maximum absolute atomic E-state index is 13.9. The third-order valence-electron chi connectivity index (χ3n) is 4.58. The van der Waals surface area contributed by atoms with Gasteiger partial charge >= 0.3 is 0 Å². The fourth-order valence-corrected chi connectivity index (χ4v) is 3.69. The lowest BCUT2D eigenvalue weighted by Gasteiger charge is -2.10. The van der Waals surface area contributed by atoms with Crippen molar-refractivity contribution in [1.29, 1.82) is 0 Å². The van der Waals surface area contributed by atoms with E-state index in [1.54, 1.807) is 15.2 Å². The minimum absolute atomic E-state index is 0.0822. The summed E-state index contributed by atoms with van der Waals surface area (Å²) in [6.07, 6.45) is 1.69. The molecule has 1 amide bonds. The van der Waals surface area contributed by atoms with Crippen LogP contribution in [0.15, 0.2) is 33.5 Å². The fraction of sp³-hybridized carbons (Fsp3) is 0.278. The molecule has 26 heavy (non-hydrogen) atoms. The number of benzene rings is 1. The number of aromatic nitrogens is 3. The Labute approximate surface area is 156 Å². The van der Waals surface area contributed by atoms with Crippen LogP contribution in [0, 0.1) is 12.7 Å². The van der Waals surface area contributed by atoms with Gasteiger partial charge in [-0.3, -0.25) is 14.2 Å². The maximum Gasteiger partial charge on any atom is 0.278 e. The highest BCUT2D eigenvalue weighted by Gasteiger charge is 2.21. The number of nitrogens with one attached hydrogen (secondary N) is 1. The van der Waals surface area contributed by atoms with Crippen molar-refractivity contribution in [3.05, 3.63) is 56.4 Å². The Bertz CT molecular complexity index is 1100. The third-order valence-corrected chi connectivity index (χ3v) is 5.08. The van der Waals surface area contributed by atoms with Crippen LogP contribution in [0.1, 0.15) is 17.9 Å². The van der Waals surface area contributed by atoms with E-state index in [1.807, 2.05) is 13.0 Å². The largest absolute Gasteiger partial charge is 0.330 e. The van der Waals surface area contributed by atoms with Gasteiger partial charge in [-0.1, -0.05) is 15.9 Å². The maximum atomic E-state index is 13.9. The number of fused-ring (bicyclic) bond motifs is 2. The average molecular weight is 419 g/mol. The first-order chi connectivity index (χ1) is 12.4. The zero-order valence-electron chi connectivity index (χ0n) is 14.1.